The van der Waals surface area contributed by atoms with E-state index in [0.29, 0.717) is 0 Å². The number of thiophene rings is 1. The Morgan fingerprint density at radius 2 is 2.14 bits per heavy atom. The van der Waals surface area contributed by atoms with Crippen LogP contribution in [0.4, 0.5) is 0 Å². The van der Waals surface area contributed by atoms with E-state index in [9.17, 15) is 0 Å². The number of halogens is 2. The van der Waals surface area contributed by atoms with Crippen molar-refractivity contribution in [1.82, 2.24) is 0 Å². The highest BCUT2D eigenvalue weighted by Gasteiger charge is 2.06. The van der Waals surface area contributed by atoms with Crippen LogP contribution < -0.4 is 0 Å². The lowest BCUT2D eigenvalue weighted by atomic mass is 10.1. The van der Waals surface area contributed by atoms with Gasteiger partial charge in [0.1, 0.15) is 0 Å². The zero-order valence-corrected chi connectivity index (χ0v) is 11.0. The summed E-state index contributed by atoms with van der Waals surface area (Å²) in [5, 5.41) is 5.26. The van der Waals surface area contributed by atoms with Gasteiger partial charge in [-0.1, -0.05) is 34.5 Å². The quantitative estimate of drug-likeness (QED) is 0.682. The maximum atomic E-state index is 6.13. The first-order valence-electron chi connectivity index (χ1n) is 4.50. The summed E-state index contributed by atoms with van der Waals surface area (Å²) in [6, 6.07) is 4.26. The van der Waals surface area contributed by atoms with Crippen LogP contribution in [0.1, 0.15) is 18.1 Å². The van der Waals surface area contributed by atoms with Gasteiger partial charge in [-0.3, -0.25) is 0 Å². The largest absolute Gasteiger partial charge is 0.143 e. The van der Waals surface area contributed by atoms with Gasteiger partial charge in [-0.2, -0.15) is 0 Å². The summed E-state index contributed by atoms with van der Waals surface area (Å²) in [6.45, 7) is 2.18. The molecule has 0 radical (unpaired) electrons. The molecule has 0 atom stereocenters. The van der Waals surface area contributed by atoms with E-state index in [2.05, 4.69) is 40.4 Å². The Kier molecular flexibility index (Phi) is 3.15. The van der Waals surface area contributed by atoms with E-state index in [0.717, 1.165) is 16.8 Å². The van der Waals surface area contributed by atoms with Crippen LogP contribution in [0.25, 0.3) is 10.1 Å². The first-order chi connectivity index (χ1) is 6.76. The zero-order valence-electron chi connectivity index (χ0n) is 7.81. The van der Waals surface area contributed by atoms with Crippen LogP contribution in [0.3, 0.4) is 0 Å². The molecule has 1 heterocycles. The fourth-order valence-corrected chi connectivity index (χ4v) is 3.51. The highest BCUT2D eigenvalue weighted by Crippen LogP contribution is 2.32. The van der Waals surface area contributed by atoms with Crippen molar-refractivity contribution in [1.29, 1.82) is 0 Å². The fraction of sp³-hybridized carbons (Fsp3) is 0.273. The number of alkyl halides is 1. The van der Waals surface area contributed by atoms with Crippen molar-refractivity contribution in [2.75, 3.05) is 0 Å². The lowest BCUT2D eigenvalue weighted by molar-refractivity contribution is 1.17. The summed E-state index contributed by atoms with van der Waals surface area (Å²) in [7, 11) is 0. The second-order valence-corrected chi connectivity index (χ2v) is 5.07. The van der Waals surface area contributed by atoms with E-state index in [1.165, 1.54) is 21.2 Å². The molecule has 0 nitrogen and oxygen atoms in total. The summed E-state index contributed by atoms with van der Waals surface area (Å²) in [6.07, 6.45) is 1.09. The molecule has 0 N–H and O–H groups in total. The van der Waals surface area contributed by atoms with Gasteiger partial charge in [0.15, 0.2) is 0 Å². The average molecular weight is 290 g/mol. The van der Waals surface area contributed by atoms with Crippen LogP contribution in [0.15, 0.2) is 17.5 Å². The SMILES string of the molecule is CCc1csc2cc(Cl)c(CBr)cc12. The third-order valence-electron chi connectivity index (χ3n) is 2.35. The molecule has 0 aliphatic carbocycles. The van der Waals surface area contributed by atoms with Crippen molar-refractivity contribution in [3.63, 3.8) is 0 Å². The zero-order chi connectivity index (χ0) is 10.1. The van der Waals surface area contributed by atoms with Crippen molar-refractivity contribution in [2.24, 2.45) is 0 Å². The number of hydrogen-bond acceptors (Lipinski definition) is 1. The van der Waals surface area contributed by atoms with Crippen LogP contribution in [0.5, 0.6) is 0 Å². The number of aryl methyl sites for hydroxylation is 1. The van der Waals surface area contributed by atoms with E-state index in [1.807, 2.05) is 0 Å². The molecule has 3 heteroatoms. The third-order valence-corrected chi connectivity index (χ3v) is 4.30. The van der Waals surface area contributed by atoms with Gasteiger partial charge in [0.2, 0.25) is 0 Å². The molecule has 0 spiro atoms. The molecule has 0 aliphatic heterocycles. The second kappa shape index (κ2) is 4.21. The number of fused-ring (bicyclic) bond motifs is 1. The molecule has 1 aromatic carbocycles. The molecule has 14 heavy (non-hydrogen) atoms. The van der Waals surface area contributed by atoms with E-state index in [1.54, 1.807) is 11.3 Å². The van der Waals surface area contributed by atoms with E-state index >= 15 is 0 Å². The van der Waals surface area contributed by atoms with Crippen molar-refractivity contribution < 1.29 is 0 Å². The molecule has 0 unspecified atom stereocenters. The summed E-state index contributed by atoms with van der Waals surface area (Å²) < 4.78 is 1.29. The van der Waals surface area contributed by atoms with Crippen LogP contribution in [-0.2, 0) is 11.8 Å². The molecular weight excluding hydrogens is 280 g/mol. The highest BCUT2D eigenvalue weighted by atomic mass is 79.9. The Hall–Kier alpha value is -0.0500. The van der Waals surface area contributed by atoms with Gasteiger partial charge in [0.25, 0.3) is 0 Å². The fourth-order valence-electron chi connectivity index (χ4n) is 1.52. The predicted molar refractivity (Wildman–Crippen MR) is 68.8 cm³/mol. The Morgan fingerprint density at radius 3 is 2.79 bits per heavy atom. The van der Waals surface area contributed by atoms with Gasteiger partial charge in [0.05, 0.1) is 0 Å². The number of rotatable bonds is 2. The van der Waals surface area contributed by atoms with Gasteiger partial charge in [-0.25, -0.2) is 0 Å². The predicted octanol–water partition coefficient (Wildman–Crippen LogP) is 5.01. The topological polar surface area (TPSA) is 0 Å². The average Bonchev–Trinajstić information content (AvgIpc) is 2.58. The van der Waals surface area contributed by atoms with E-state index in [-0.39, 0.29) is 0 Å². The van der Waals surface area contributed by atoms with Gasteiger partial charge >= 0.3 is 0 Å². The van der Waals surface area contributed by atoms with E-state index in [4.69, 9.17) is 11.6 Å². The molecule has 74 valence electrons. The monoisotopic (exact) mass is 288 g/mol. The first kappa shape index (κ1) is 10.5. The summed E-state index contributed by atoms with van der Waals surface area (Å²) in [5.41, 5.74) is 2.59. The highest BCUT2D eigenvalue weighted by molar-refractivity contribution is 9.08. The van der Waals surface area contributed by atoms with E-state index < -0.39 is 0 Å². The second-order valence-electron chi connectivity index (χ2n) is 3.19. The standard InChI is InChI=1S/C11H10BrClS/c1-2-7-6-14-11-4-10(13)8(5-12)3-9(7)11/h3-4,6H,2,5H2,1H3. The number of hydrogen-bond donors (Lipinski definition) is 0. The Bertz CT molecular complexity index is 462. The lowest BCUT2D eigenvalue weighted by Gasteiger charge is -2.01. The molecule has 0 saturated heterocycles. The van der Waals surface area contributed by atoms with Gasteiger partial charge in [-0.05, 0) is 40.4 Å². The summed E-state index contributed by atoms with van der Waals surface area (Å²) >= 11 is 11.4. The van der Waals surface area contributed by atoms with Crippen LogP contribution in [0, 0.1) is 0 Å². The molecule has 2 rings (SSSR count). The van der Waals surface area contributed by atoms with Crippen molar-refractivity contribution in [2.45, 2.75) is 18.7 Å². The molecule has 0 amide bonds. The third kappa shape index (κ3) is 1.71. The molecular formula is C11H10BrClS. The van der Waals surface area contributed by atoms with Gasteiger partial charge in [0, 0.05) is 15.1 Å². The van der Waals surface area contributed by atoms with Gasteiger partial charge in [-0.15, -0.1) is 11.3 Å². The minimum Gasteiger partial charge on any atom is -0.143 e. The molecule has 0 saturated carbocycles. The first-order valence-corrected chi connectivity index (χ1v) is 6.88. The maximum Gasteiger partial charge on any atom is 0.0460 e. The minimum absolute atomic E-state index is 0.820. The smallest absolute Gasteiger partial charge is 0.0460 e. The van der Waals surface area contributed by atoms with Crippen molar-refractivity contribution >= 4 is 49.0 Å². The number of benzene rings is 1. The normalized spacial score (nSPS) is 11.1. The minimum atomic E-state index is 0.820. The maximum absolute atomic E-state index is 6.13. The Labute approximate surface area is 101 Å². The summed E-state index contributed by atoms with van der Waals surface area (Å²) in [4.78, 5) is 0. The Morgan fingerprint density at radius 1 is 1.36 bits per heavy atom. The lowest BCUT2D eigenvalue weighted by Crippen LogP contribution is -1.81. The van der Waals surface area contributed by atoms with Crippen molar-refractivity contribution in [3.8, 4) is 0 Å². The van der Waals surface area contributed by atoms with Gasteiger partial charge < -0.3 is 0 Å². The molecule has 0 fully saturated rings. The Balaban J connectivity index is 2.70. The van der Waals surface area contributed by atoms with Crippen LogP contribution in [0.2, 0.25) is 5.02 Å². The molecule has 1 aromatic heterocycles. The molecule has 2 aromatic rings. The van der Waals surface area contributed by atoms with Crippen molar-refractivity contribution in [3.05, 3.63) is 33.7 Å². The summed E-state index contributed by atoms with van der Waals surface area (Å²) in [5.74, 6) is 0. The van der Waals surface area contributed by atoms with Crippen LogP contribution >= 0.6 is 38.9 Å². The molecule has 0 aliphatic rings. The molecule has 0 bridgehead atoms. The van der Waals surface area contributed by atoms with Crippen LogP contribution in [-0.4, -0.2) is 0 Å².